The summed E-state index contributed by atoms with van der Waals surface area (Å²) in [6.45, 7) is 0. The Kier molecular flexibility index (Phi) is 2.07. The molecule has 1 heterocycles. The van der Waals surface area contributed by atoms with Crippen molar-refractivity contribution in [1.29, 1.82) is 0 Å². The fourth-order valence-corrected chi connectivity index (χ4v) is 1.29. The van der Waals surface area contributed by atoms with Crippen LogP contribution in [0.5, 0.6) is 0 Å². The molecular weight excluding hydrogens is 186 g/mol. The van der Waals surface area contributed by atoms with Gasteiger partial charge in [-0.2, -0.15) is 0 Å². The first-order valence-electron chi connectivity index (χ1n) is 3.98. The lowest BCUT2D eigenvalue weighted by atomic mass is 10.2. The van der Waals surface area contributed by atoms with Gasteiger partial charge in [-0.15, -0.1) is 0 Å². The van der Waals surface area contributed by atoms with Gasteiger partial charge in [-0.05, 0) is 16.3 Å². The first kappa shape index (κ1) is 8.32. The fraction of sp³-hybridized carbons (Fsp3) is 0.100. The van der Waals surface area contributed by atoms with E-state index in [1.54, 1.807) is 13.1 Å². The maximum absolute atomic E-state index is 5.85. The van der Waals surface area contributed by atoms with Gasteiger partial charge in [0.1, 0.15) is 0 Å². The highest BCUT2D eigenvalue weighted by molar-refractivity contribution is 6.28. The lowest BCUT2D eigenvalue weighted by Gasteiger charge is -1.89. The van der Waals surface area contributed by atoms with E-state index < -0.39 is 0 Å². The van der Waals surface area contributed by atoms with Crippen LogP contribution in [-0.2, 0) is 7.05 Å². The number of aryl methyl sites for hydroxylation is 1. The number of halogens is 1. The van der Waals surface area contributed by atoms with Crippen LogP contribution in [0.1, 0.15) is 0 Å². The van der Waals surface area contributed by atoms with Crippen LogP contribution >= 0.6 is 11.6 Å². The minimum atomic E-state index is 0.596. The summed E-state index contributed by atoms with van der Waals surface area (Å²) in [5.74, 6) is 0.785. The van der Waals surface area contributed by atoms with E-state index in [-0.39, 0.29) is 0 Å². The molecule has 0 N–H and O–H groups in total. The average Bonchev–Trinajstić information content (AvgIpc) is 2.49. The topological polar surface area (TPSA) is 17.0 Å². The van der Waals surface area contributed by atoms with Crippen LogP contribution in [0.3, 0.4) is 0 Å². The number of hydrogen-bond acceptors (Lipinski definition) is 1. The second-order valence-electron chi connectivity index (χ2n) is 2.79. The Morgan fingerprint density at radius 2 is 1.92 bits per heavy atom. The number of rotatable bonds is 1. The van der Waals surface area contributed by atoms with Crippen LogP contribution in [-0.4, -0.2) is 0 Å². The van der Waals surface area contributed by atoms with Crippen molar-refractivity contribution in [1.82, 2.24) is 0 Å². The first-order chi connectivity index (χ1) is 6.27. The maximum atomic E-state index is 5.85. The lowest BCUT2D eigenvalue weighted by Crippen LogP contribution is -2.25. The summed E-state index contributed by atoms with van der Waals surface area (Å²) in [6.07, 6.45) is 0. The van der Waals surface area contributed by atoms with Crippen molar-refractivity contribution in [2.24, 2.45) is 7.05 Å². The quantitative estimate of drug-likeness (QED) is 0.638. The normalized spacial score (nSPS) is 10.3. The summed E-state index contributed by atoms with van der Waals surface area (Å²) >= 11 is 5.85. The summed E-state index contributed by atoms with van der Waals surface area (Å²) < 4.78 is 6.92. The van der Waals surface area contributed by atoms with E-state index in [2.05, 4.69) is 0 Å². The molecule has 0 amide bonds. The smallest absolute Gasteiger partial charge is 0.235 e. The third-order valence-corrected chi connectivity index (χ3v) is 2.19. The van der Waals surface area contributed by atoms with Crippen LogP contribution < -0.4 is 4.74 Å². The molecule has 0 bridgehead atoms. The Balaban J connectivity index is 2.48. The summed E-state index contributed by atoms with van der Waals surface area (Å²) in [6, 6.07) is 11.7. The van der Waals surface area contributed by atoms with E-state index in [1.807, 2.05) is 30.3 Å². The molecule has 0 aliphatic rings. The fourth-order valence-electron chi connectivity index (χ4n) is 1.16. The van der Waals surface area contributed by atoms with Crippen molar-refractivity contribution >= 4 is 11.6 Å². The highest BCUT2D eigenvalue weighted by Gasteiger charge is 2.13. The molecule has 2 rings (SSSR count). The molecule has 1 aromatic carbocycles. The molecule has 0 aliphatic carbocycles. The minimum Gasteiger partial charge on any atom is -0.235 e. The molecule has 0 spiro atoms. The van der Waals surface area contributed by atoms with Gasteiger partial charge in [0.25, 0.3) is 0 Å². The molecule has 3 heteroatoms. The van der Waals surface area contributed by atoms with Gasteiger partial charge in [-0.1, -0.05) is 30.3 Å². The number of benzene rings is 1. The molecule has 0 unspecified atom stereocenters. The van der Waals surface area contributed by atoms with Crippen LogP contribution in [0.2, 0.25) is 5.15 Å². The van der Waals surface area contributed by atoms with E-state index in [0.29, 0.717) is 5.15 Å². The second kappa shape index (κ2) is 3.23. The summed E-state index contributed by atoms with van der Waals surface area (Å²) in [7, 11) is 1.77. The van der Waals surface area contributed by atoms with Gasteiger partial charge in [0.15, 0.2) is 7.05 Å². The molecule has 66 valence electrons. The van der Waals surface area contributed by atoms with Crippen LogP contribution in [0.4, 0.5) is 0 Å². The molecule has 2 nitrogen and oxygen atoms in total. The Morgan fingerprint density at radius 3 is 2.46 bits per heavy atom. The minimum absolute atomic E-state index is 0.596. The van der Waals surface area contributed by atoms with E-state index in [9.17, 15) is 0 Å². The maximum Gasteiger partial charge on any atom is 0.323 e. The standard InChI is InChI=1S/C10H9ClNO/c1-12-10(11)7-9(13-12)8-5-3-2-4-6-8/h2-7H,1H3/q+1. The SMILES string of the molecule is C[n+]1oc(-c2ccccc2)cc1Cl. The highest BCUT2D eigenvalue weighted by atomic mass is 35.5. The Labute approximate surface area is 81.3 Å². The molecule has 1 aromatic heterocycles. The third-order valence-electron chi connectivity index (χ3n) is 1.84. The molecular formula is C10H9ClNO+. The van der Waals surface area contributed by atoms with Crippen LogP contribution in [0.15, 0.2) is 40.9 Å². The van der Waals surface area contributed by atoms with Crippen molar-refractivity contribution < 1.29 is 9.26 Å². The Bertz CT molecular complexity index is 389. The number of hydrogen-bond donors (Lipinski definition) is 0. The first-order valence-corrected chi connectivity index (χ1v) is 4.36. The van der Waals surface area contributed by atoms with Gasteiger partial charge in [-0.3, -0.25) is 0 Å². The van der Waals surface area contributed by atoms with Crippen molar-refractivity contribution in [3.8, 4) is 11.3 Å². The van der Waals surface area contributed by atoms with E-state index in [0.717, 1.165) is 11.3 Å². The average molecular weight is 195 g/mol. The van der Waals surface area contributed by atoms with E-state index in [4.69, 9.17) is 16.1 Å². The van der Waals surface area contributed by atoms with Gasteiger partial charge in [0.2, 0.25) is 5.76 Å². The summed E-state index contributed by atoms with van der Waals surface area (Å²) in [5.41, 5.74) is 1.03. The molecule has 13 heavy (non-hydrogen) atoms. The molecule has 0 aliphatic heterocycles. The Morgan fingerprint density at radius 1 is 1.23 bits per heavy atom. The van der Waals surface area contributed by atoms with E-state index in [1.165, 1.54) is 4.74 Å². The molecule has 0 radical (unpaired) electrons. The van der Waals surface area contributed by atoms with Crippen molar-refractivity contribution in [3.63, 3.8) is 0 Å². The third kappa shape index (κ3) is 1.58. The molecule has 0 fully saturated rings. The van der Waals surface area contributed by atoms with Gasteiger partial charge in [0, 0.05) is 5.56 Å². The summed E-state index contributed by atoms with van der Waals surface area (Å²) in [5, 5.41) is 0.596. The van der Waals surface area contributed by atoms with Crippen molar-refractivity contribution in [3.05, 3.63) is 41.6 Å². The monoisotopic (exact) mass is 194 g/mol. The molecule has 0 atom stereocenters. The Hall–Kier alpha value is -1.28. The molecule has 0 saturated carbocycles. The highest BCUT2D eigenvalue weighted by Crippen LogP contribution is 2.20. The number of aromatic nitrogens is 1. The zero-order chi connectivity index (χ0) is 9.26. The molecule has 0 saturated heterocycles. The van der Waals surface area contributed by atoms with Gasteiger partial charge >= 0.3 is 5.15 Å². The van der Waals surface area contributed by atoms with Gasteiger partial charge in [0.05, 0.1) is 6.07 Å². The van der Waals surface area contributed by atoms with E-state index >= 15 is 0 Å². The van der Waals surface area contributed by atoms with Crippen molar-refractivity contribution in [2.45, 2.75) is 0 Å². The van der Waals surface area contributed by atoms with Crippen LogP contribution in [0.25, 0.3) is 11.3 Å². The summed E-state index contributed by atoms with van der Waals surface area (Å²) in [4.78, 5) is 0. The van der Waals surface area contributed by atoms with Crippen molar-refractivity contribution in [2.75, 3.05) is 0 Å². The zero-order valence-corrected chi connectivity index (χ0v) is 7.95. The second-order valence-corrected chi connectivity index (χ2v) is 3.17. The van der Waals surface area contributed by atoms with Gasteiger partial charge < -0.3 is 0 Å². The number of nitrogens with zero attached hydrogens (tertiary/aromatic N) is 1. The predicted octanol–water partition coefficient (Wildman–Crippen LogP) is 2.42. The van der Waals surface area contributed by atoms with Gasteiger partial charge in [-0.25, -0.2) is 4.52 Å². The zero-order valence-electron chi connectivity index (χ0n) is 7.20. The largest absolute Gasteiger partial charge is 0.323 e. The lowest BCUT2D eigenvalue weighted by molar-refractivity contribution is -0.841. The molecule has 2 aromatic rings. The predicted molar refractivity (Wildman–Crippen MR) is 50.3 cm³/mol. The van der Waals surface area contributed by atoms with Crippen LogP contribution in [0, 0.1) is 0 Å².